The van der Waals surface area contributed by atoms with Gasteiger partial charge in [-0.05, 0) is 42.8 Å². The lowest BCUT2D eigenvalue weighted by Crippen LogP contribution is -2.39. The predicted octanol–water partition coefficient (Wildman–Crippen LogP) is 5.16. The minimum absolute atomic E-state index is 0.235. The lowest BCUT2D eigenvalue weighted by Gasteiger charge is -2.28. The fraction of sp³-hybridized carbons (Fsp3) is 0.120. The van der Waals surface area contributed by atoms with Gasteiger partial charge < -0.3 is 5.32 Å². The Morgan fingerprint density at radius 2 is 1.88 bits per heavy atom. The van der Waals surface area contributed by atoms with Crippen LogP contribution < -0.4 is 5.32 Å². The smallest absolute Gasteiger partial charge is 0.235 e. The molecule has 8 heteroatoms. The maximum atomic E-state index is 14.7. The van der Waals surface area contributed by atoms with Crippen LogP contribution >= 0.6 is 11.3 Å². The highest BCUT2D eigenvalue weighted by Gasteiger charge is 2.36. The molecule has 5 aromatic rings. The Balaban J connectivity index is 1.46. The zero-order valence-electron chi connectivity index (χ0n) is 17.8. The summed E-state index contributed by atoms with van der Waals surface area (Å²) in [6.45, 7) is 1.89. The van der Waals surface area contributed by atoms with E-state index in [0.29, 0.717) is 12.1 Å². The van der Waals surface area contributed by atoms with Gasteiger partial charge in [-0.2, -0.15) is 5.10 Å². The fourth-order valence-electron chi connectivity index (χ4n) is 3.79. The molecule has 6 nitrogen and oxygen atoms in total. The number of anilines is 1. The molecule has 0 fully saturated rings. The number of halogens is 1. The van der Waals surface area contributed by atoms with E-state index in [0.717, 1.165) is 20.8 Å². The Labute approximate surface area is 193 Å². The SMILES string of the molecule is CC(Cc1nc2ccccc2s1)(C(=O)Nc1ccc(-n2cncn2)c(F)c1)c1ccccc1. The third-order valence-electron chi connectivity index (χ3n) is 5.63. The summed E-state index contributed by atoms with van der Waals surface area (Å²) in [5.41, 5.74) is 1.50. The Bertz CT molecular complexity index is 1380. The van der Waals surface area contributed by atoms with Gasteiger partial charge in [0, 0.05) is 12.1 Å². The standard InChI is InChI=1S/C25H20FN5OS/c1-25(17-7-3-2-4-8-17,14-23-30-20-9-5-6-10-22(20)33-23)24(32)29-18-11-12-21(19(26)13-18)31-16-27-15-28-31/h2-13,15-16H,14H2,1H3,(H,29,32). The van der Waals surface area contributed by atoms with Crippen LogP contribution in [0, 0.1) is 5.82 Å². The average Bonchev–Trinajstić information content (AvgIpc) is 3.49. The lowest BCUT2D eigenvalue weighted by atomic mass is 9.78. The monoisotopic (exact) mass is 457 g/mol. The molecule has 2 aromatic heterocycles. The van der Waals surface area contributed by atoms with Crippen molar-refractivity contribution in [1.29, 1.82) is 0 Å². The van der Waals surface area contributed by atoms with Crippen molar-refractivity contribution in [3.05, 3.63) is 102 Å². The number of aromatic nitrogens is 4. The second-order valence-corrected chi connectivity index (χ2v) is 9.03. The van der Waals surface area contributed by atoms with E-state index >= 15 is 0 Å². The number of hydrogen-bond donors (Lipinski definition) is 1. The summed E-state index contributed by atoms with van der Waals surface area (Å²) < 4.78 is 17.1. The zero-order valence-corrected chi connectivity index (χ0v) is 18.6. The van der Waals surface area contributed by atoms with E-state index in [2.05, 4.69) is 15.4 Å². The largest absolute Gasteiger partial charge is 0.325 e. The molecular formula is C25H20FN5OS. The van der Waals surface area contributed by atoms with Crippen LogP contribution in [-0.2, 0) is 16.6 Å². The van der Waals surface area contributed by atoms with Crippen molar-refractivity contribution in [2.75, 3.05) is 5.32 Å². The van der Waals surface area contributed by atoms with E-state index in [-0.39, 0.29) is 11.6 Å². The molecule has 1 N–H and O–H groups in total. The third-order valence-corrected chi connectivity index (χ3v) is 6.66. The number of carbonyl (C=O) groups is 1. The van der Waals surface area contributed by atoms with Gasteiger partial charge in [0.05, 0.1) is 20.6 Å². The number of carbonyl (C=O) groups excluding carboxylic acids is 1. The van der Waals surface area contributed by atoms with E-state index in [1.165, 1.54) is 23.4 Å². The zero-order chi connectivity index (χ0) is 22.8. The summed E-state index contributed by atoms with van der Waals surface area (Å²) in [5.74, 6) is -0.744. The molecule has 0 saturated heterocycles. The van der Waals surface area contributed by atoms with Gasteiger partial charge in [0.1, 0.15) is 18.3 Å². The summed E-state index contributed by atoms with van der Waals surface area (Å²) >= 11 is 1.58. The first kappa shape index (κ1) is 21.0. The average molecular weight is 458 g/mol. The Morgan fingerprint density at radius 3 is 2.61 bits per heavy atom. The molecule has 33 heavy (non-hydrogen) atoms. The number of nitrogens with zero attached hydrogens (tertiary/aromatic N) is 4. The molecule has 1 unspecified atom stereocenters. The van der Waals surface area contributed by atoms with Crippen molar-refractivity contribution < 1.29 is 9.18 Å². The number of fused-ring (bicyclic) bond motifs is 1. The van der Waals surface area contributed by atoms with Crippen LogP contribution in [0.25, 0.3) is 15.9 Å². The van der Waals surface area contributed by atoms with Gasteiger partial charge >= 0.3 is 0 Å². The van der Waals surface area contributed by atoms with Crippen molar-refractivity contribution in [1.82, 2.24) is 19.7 Å². The topological polar surface area (TPSA) is 72.7 Å². The highest BCUT2D eigenvalue weighted by Crippen LogP contribution is 2.33. The quantitative estimate of drug-likeness (QED) is 0.383. The summed E-state index contributed by atoms with van der Waals surface area (Å²) in [5, 5.41) is 7.72. The molecular weight excluding hydrogens is 437 g/mol. The van der Waals surface area contributed by atoms with Crippen molar-refractivity contribution in [3.8, 4) is 5.69 Å². The molecule has 5 rings (SSSR count). The van der Waals surface area contributed by atoms with Crippen LogP contribution in [0.3, 0.4) is 0 Å². The predicted molar refractivity (Wildman–Crippen MR) is 127 cm³/mol. The number of para-hydroxylation sites is 1. The molecule has 0 spiro atoms. The van der Waals surface area contributed by atoms with E-state index in [1.54, 1.807) is 23.5 Å². The minimum Gasteiger partial charge on any atom is -0.325 e. The van der Waals surface area contributed by atoms with Gasteiger partial charge in [0.2, 0.25) is 5.91 Å². The highest BCUT2D eigenvalue weighted by atomic mass is 32.1. The molecule has 0 aliphatic rings. The number of amides is 1. The van der Waals surface area contributed by atoms with Crippen molar-refractivity contribution in [2.24, 2.45) is 0 Å². The van der Waals surface area contributed by atoms with E-state index in [4.69, 9.17) is 4.98 Å². The van der Waals surface area contributed by atoms with Gasteiger partial charge in [-0.1, -0.05) is 42.5 Å². The number of nitrogens with one attached hydrogen (secondary N) is 1. The van der Waals surface area contributed by atoms with E-state index in [1.807, 2.05) is 61.5 Å². The lowest BCUT2D eigenvalue weighted by molar-refractivity contribution is -0.121. The molecule has 2 heterocycles. The van der Waals surface area contributed by atoms with Crippen molar-refractivity contribution >= 4 is 33.1 Å². The summed E-state index contributed by atoms with van der Waals surface area (Å²) in [7, 11) is 0. The molecule has 3 aromatic carbocycles. The van der Waals surface area contributed by atoms with Gasteiger partial charge in [-0.3, -0.25) is 4.79 Å². The Morgan fingerprint density at radius 1 is 1.09 bits per heavy atom. The van der Waals surface area contributed by atoms with Crippen LogP contribution in [-0.4, -0.2) is 25.7 Å². The van der Waals surface area contributed by atoms with E-state index < -0.39 is 11.2 Å². The second kappa shape index (κ2) is 8.55. The van der Waals surface area contributed by atoms with Gasteiger partial charge in [-0.15, -0.1) is 11.3 Å². The summed E-state index contributed by atoms with van der Waals surface area (Å²) in [4.78, 5) is 22.2. The molecule has 1 atom stereocenters. The normalized spacial score (nSPS) is 13.0. The van der Waals surface area contributed by atoms with Crippen LogP contribution in [0.1, 0.15) is 17.5 Å². The molecule has 164 valence electrons. The molecule has 0 aliphatic carbocycles. The maximum Gasteiger partial charge on any atom is 0.235 e. The van der Waals surface area contributed by atoms with Crippen LogP contribution in [0.5, 0.6) is 0 Å². The maximum absolute atomic E-state index is 14.7. The first-order chi connectivity index (χ1) is 16.0. The third kappa shape index (κ3) is 4.12. The van der Waals surface area contributed by atoms with Crippen molar-refractivity contribution in [3.63, 3.8) is 0 Å². The van der Waals surface area contributed by atoms with Gasteiger partial charge in [0.25, 0.3) is 0 Å². The fourth-order valence-corrected chi connectivity index (χ4v) is 4.91. The van der Waals surface area contributed by atoms with E-state index in [9.17, 15) is 9.18 Å². The molecule has 0 saturated carbocycles. The Kier molecular flexibility index (Phi) is 5.43. The minimum atomic E-state index is -0.907. The second-order valence-electron chi connectivity index (χ2n) is 7.91. The number of benzene rings is 3. The highest BCUT2D eigenvalue weighted by molar-refractivity contribution is 7.18. The molecule has 0 aliphatic heterocycles. The van der Waals surface area contributed by atoms with Crippen LogP contribution in [0.2, 0.25) is 0 Å². The van der Waals surface area contributed by atoms with Crippen LogP contribution in [0.15, 0.2) is 85.5 Å². The summed E-state index contributed by atoms with van der Waals surface area (Å²) in [6, 6.07) is 22.0. The Hall–Kier alpha value is -3.91. The van der Waals surface area contributed by atoms with Gasteiger partial charge in [0.15, 0.2) is 5.82 Å². The van der Waals surface area contributed by atoms with Crippen LogP contribution in [0.4, 0.5) is 10.1 Å². The number of thiazole rings is 1. The molecule has 1 amide bonds. The number of hydrogen-bond acceptors (Lipinski definition) is 5. The first-order valence-electron chi connectivity index (χ1n) is 10.4. The molecule has 0 radical (unpaired) electrons. The van der Waals surface area contributed by atoms with Crippen molar-refractivity contribution in [2.45, 2.75) is 18.8 Å². The van der Waals surface area contributed by atoms with Gasteiger partial charge in [-0.25, -0.2) is 19.0 Å². The first-order valence-corrected chi connectivity index (χ1v) is 11.2. The number of rotatable bonds is 6. The summed E-state index contributed by atoms with van der Waals surface area (Å²) in [6.07, 6.45) is 3.17. The molecule has 0 bridgehead atoms.